The third-order valence-electron chi connectivity index (χ3n) is 2.11. The van der Waals surface area contributed by atoms with Crippen molar-refractivity contribution in [1.82, 2.24) is 9.97 Å². The van der Waals surface area contributed by atoms with Gasteiger partial charge in [0.1, 0.15) is 5.82 Å². The van der Waals surface area contributed by atoms with Gasteiger partial charge in [-0.25, -0.2) is 4.98 Å². The molecule has 1 heterocycles. The first kappa shape index (κ1) is 12.4. The lowest BCUT2D eigenvalue weighted by molar-refractivity contribution is 0.394. The van der Waals surface area contributed by atoms with Gasteiger partial charge in [-0.05, 0) is 13.3 Å². The minimum atomic E-state index is 0.488. The number of aromatic nitrogens is 2. The molecule has 3 nitrogen and oxygen atoms in total. The van der Waals surface area contributed by atoms with Gasteiger partial charge in [-0.1, -0.05) is 29.3 Å². The number of hydrogen-bond acceptors (Lipinski definition) is 3. The summed E-state index contributed by atoms with van der Waals surface area (Å²) >= 11 is 3.64. The van der Waals surface area contributed by atoms with Crippen molar-refractivity contribution in [3.8, 4) is 5.88 Å². The lowest BCUT2D eigenvalue weighted by Crippen LogP contribution is -2.06. The lowest BCUT2D eigenvalue weighted by Gasteiger charge is -2.09. The highest BCUT2D eigenvalue weighted by Gasteiger charge is 2.08. The maximum Gasteiger partial charge on any atom is 0.216 e. The Bertz CT molecular complexity index is 317. The first-order chi connectivity index (χ1) is 7.15. The predicted octanol–water partition coefficient (Wildman–Crippen LogP) is 2.90. The van der Waals surface area contributed by atoms with Crippen molar-refractivity contribution in [3.05, 3.63) is 17.6 Å². The summed E-state index contributed by atoms with van der Waals surface area (Å²) in [4.78, 5) is 9.03. The van der Waals surface area contributed by atoms with Crippen LogP contribution in [0, 0.1) is 6.92 Å². The second kappa shape index (κ2) is 6.05. The summed E-state index contributed by atoms with van der Waals surface area (Å²) in [6, 6.07) is 1.90. The van der Waals surface area contributed by atoms with Crippen LogP contribution in [0.3, 0.4) is 0 Å². The Labute approximate surface area is 99.4 Å². The van der Waals surface area contributed by atoms with Crippen molar-refractivity contribution >= 4 is 15.9 Å². The van der Waals surface area contributed by atoms with E-state index in [9.17, 15) is 0 Å². The Hall–Kier alpha value is -0.640. The van der Waals surface area contributed by atoms with Crippen molar-refractivity contribution < 1.29 is 4.74 Å². The minimum absolute atomic E-state index is 0.488. The molecule has 0 N–H and O–H groups in total. The summed E-state index contributed by atoms with van der Waals surface area (Å²) in [6.45, 7) is 4.06. The number of methoxy groups -OCH3 is 1. The summed E-state index contributed by atoms with van der Waals surface area (Å²) in [5.41, 5.74) is 1.04. The SMILES string of the molecule is CCCC(Br)Cc1cc(OC)nc(C)n1. The highest BCUT2D eigenvalue weighted by molar-refractivity contribution is 9.09. The summed E-state index contributed by atoms with van der Waals surface area (Å²) in [5.74, 6) is 1.41. The van der Waals surface area contributed by atoms with E-state index in [0.717, 1.165) is 24.4 Å². The fraction of sp³-hybridized carbons (Fsp3) is 0.636. The zero-order valence-electron chi connectivity index (χ0n) is 9.46. The van der Waals surface area contributed by atoms with Gasteiger partial charge in [-0.3, -0.25) is 0 Å². The molecule has 1 rings (SSSR count). The molecule has 0 amide bonds. The molecule has 0 saturated carbocycles. The topological polar surface area (TPSA) is 35.0 Å². The Kier molecular flexibility index (Phi) is 5.02. The van der Waals surface area contributed by atoms with E-state index < -0.39 is 0 Å². The Morgan fingerprint density at radius 1 is 1.47 bits per heavy atom. The van der Waals surface area contributed by atoms with Gasteiger partial charge >= 0.3 is 0 Å². The highest BCUT2D eigenvalue weighted by atomic mass is 79.9. The number of nitrogens with zero attached hydrogens (tertiary/aromatic N) is 2. The summed E-state index contributed by atoms with van der Waals surface area (Å²) < 4.78 is 5.11. The normalized spacial score (nSPS) is 12.5. The van der Waals surface area contributed by atoms with Crippen LogP contribution in [0.25, 0.3) is 0 Å². The number of aryl methyl sites for hydroxylation is 1. The quantitative estimate of drug-likeness (QED) is 0.774. The first-order valence-corrected chi connectivity index (χ1v) is 6.10. The number of alkyl halides is 1. The molecule has 1 aromatic rings. The summed E-state index contributed by atoms with van der Waals surface area (Å²) in [6.07, 6.45) is 3.26. The summed E-state index contributed by atoms with van der Waals surface area (Å²) in [7, 11) is 1.63. The fourth-order valence-electron chi connectivity index (χ4n) is 1.45. The monoisotopic (exact) mass is 272 g/mol. The molecule has 15 heavy (non-hydrogen) atoms. The van der Waals surface area contributed by atoms with E-state index in [-0.39, 0.29) is 0 Å². The molecule has 0 fully saturated rings. The zero-order valence-corrected chi connectivity index (χ0v) is 11.0. The average molecular weight is 273 g/mol. The zero-order chi connectivity index (χ0) is 11.3. The molecule has 0 radical (unpaired) electrons. The molecule has 0 saturated heterocycles. The van der Waals surface area contributed by atoms with Crippen molar-refractivity contribution in [2.24, 2.45) is 0 Å². The predicted molar refractivity (Wildman–Crippen MR) is 64.6 cm³/mol. The Morgan fingerprint density at radius 3 is 2.80 bits per heavy atom. The van der Waals surface area contributed by atoms with Crippen LogP contribution in [0.1, 0.15) is 31.3 Å². The minimum Gasteiger partial charge on any atom is -0.481 e. The molecule has 84 valence electrons. The smallest absolute Gasteiger partial charge is 0.216 e. The molecule has 1 atom stereocenters. The van der Waals surface area contributed by atoms with Crippen LogP contribution in [0.4, 0.5) is 0 Å². The Balaban J connectivity index is 2.71. The maximum absolute atomic E-state index is 5.11. The molecule has 4 heteroatoms. The van der Waals surface area contributed by atoms with E-state index >= 15 is 0 Å². The van der Waals surface area contributed by atoms with Gasteiger partial charge in [0.15, 0.2) is 0 Å². The van der Waals surface area contributed by atoms with E-state index in [1.165, 1.54) is 6.42 Å². The van der Waals surface area contributed by atoms with E-state index in [4.69, 9.17) is 4.74 Å². The highest BCUT2D eigenvalue weighted by Crippen LogP contribution is 2.16. The molecule has 1 unspecified atom stereocenters. The molecule has 1 aromatic heterocycles. The van der Waals surface area contributed by atoms with Gasteiger partial charge in [0.05, 0.1) is 7.11 Å². The molecule has 0 aliphatic rings. The third kappa shape index (κ3) is 4.16. The van der Waals surface area contributed by atoms with Crippen LogP contribution in [-0.2, 0) is 6.42 Å². The van der Waals surface area contributed by atoms with Crippen LogP contribution in [-0.4, -0.2) is 21.9 Å². The lowest BCUT2D eigenvalue weighted by atomic mass is 10.1. The number of halogens is 1. The summed E-state index contributed by atoms with van der Waals surface area (Å²) in [5, 5.41) is 0. The first-order valence-electron chi connectivity index (χ1n) is 5.18. The molecule has 0 bridgehead atoms. The largest absolute Gasteiger partial charge is 0.481 e. The van der Waals surface area contributed by atoms with E-state index in [2.05, 4.69) is 32.8 Å². The van der Waals surface area contributed by atoms with E-state index in [1.54, 1.807) is 7.11 Å². The molecule has 0 aromatic carbocycles. The standard InChI is InChI=1S/C11H17BrN2O/c1-4-5-9(12)6-10-7-11(15-3)14-8(2)13-10/h7,9H,4-6H2,1-3H3. The Morgan fingerprint density at radius 2 is 2.20 bits per heavy atom. The van der Waals surface area contributed by atoms with Crippen molar-refractivity contribution in [2.75, 3.05) is 7.11 Å². The number of rotatable bonds is 5. The molecule has 0 spiro atoms. The second-order valence-corrected chi connectivity index (χ2v) is 4.83. The maximum atomic E-state index is 5.11. The van der Waals surface area contributed by atoms with Crippen molar-refractivity contribution in [3.63, 3.8) is 0 Å². The number of hydrogen-bond donors (Lipinski definition) is 0. The van der Waals surface area contributed by atoms with Gasteiger partial charge in [-0.15, -0.1) is 0 Å². The van der Waals surface area contributed by atoms with Crippen LogP contribution in [0.15, 0.2) is 6.07 Å². The van der Waals surface area contributed by atoms with Gasteiger partial charge < -0.3 is 4.74 Å². The van der Waals surface area contributed by atoms with Gasteiger partial charge in [0, 0.05) is 23.0 Å². The van der Waals surface area contributed by atoms with Crippen LogP contribution < -0.4 is 4.74 Å². The molecule has 0 aliphatic heterocycles. The van der Waals surface area contributed by atoms with Gasteiger partial charge in [0.25, 0.3) is 0 Å². The van der Waals surface area contributed by atoms with Crippen molar-refractivity contribution in [2.45, 2.75) is 37.9 Å². The molecular weight excluding hydrogens is 256 g/mol. The van der Waals surface area contributed by atoms with Crippen molar-refractivity contribution in [1.29, 1.82) is 0 Å². The van der Waals surface area contributed by atoms with Crippen LogP contribution in [0.5, 0.6) is 5.88 Å². The number of ether oxygens (including phenoxy) is 1. The average Bonchev–Trinajstić information content (AvgIpc) is 2.17. The molecule has 0 aliphatic carbocycles. The van der Waals surface area contributed by atoms with Gasteiger partial charge in [0.2, 0.25) is 5.88 Å². The third-order valence-corrected chi connectivity index (χ3v) is 2.89. The van der Waals surface area contributed by atoms with Crippen LogP contribution in [0.2, 0.25) is 0 Å². The fourth-order valence-corrected chi connectivity index (χ4v) is 2.24. The van der Waals surface area contributed by atoms with Crippen LogP contribution >= 0.6 is 15.9 Å². The van der Waals surface area contributed by atoms with E-state index in [1.807, 2.05) is 13.0 Å². The van der Waals surface area contributed by atoms with E-state index in [0.29, 0.717) is 10.7 Å². The second-order valence-electron chi connectivity index (χ2n) is 3.54. The molecular formula is C11H17BrN2O. The van der Waals surface area contributed by atoms with Gasteiger partial charge in [-0.2, -0.15) is 4.98 Å².